The Balaban J connectivity index is 1.36. The lowest BCUT2D eigenvalue weighted by Crippen LogP contribution is -2.14. The van der Waals surface area contributed by atoms with Crippen LogP contribution in [0, 0.1) is 0 Å². The number of fused-ring (bicyclic) bond motifs is 3. The van der Waals surface area contributed by atoms with Crippen molar-refractivity contribution in [2.24, 2.45) is 0 Å². The van der Waals surface area contributed by atoms with E-state index in [1.807, 2.05) is 48.0 Å². The Morgan fingerprint density at radius 2 is 1.78 bits per heavy atom. The molecular weight excluding hydrogens is 472 g/mol. The fourth-order valence-corrected chi connectivity index (χ4v) is 4.94. The lowest BCUT2D eigenvalue weighted by atomic mass is 9.99. The van der Waals surface area contributed by atoms with Gasteiger partial charge in [0.2, 0.25) is 11.8 Å². The number of carbonyl (C=O) groups excluding carboxylic acids is 1. The number of thiazole rings is 1. The maximum Gasteiger partial charge on any atom is 0.258 e. The van der Waals surface area contributed by atoms with Gasteiger partial charge < -0.3 is 9.40 Å². The van der Waals surface area contributed by atoms with E-state index < -0.39 is 0 Å². The predicted molar refractivity (Wildman–Crippen MR) is 140 cm³/mol. The highest BCUT2D eigenvalue weighted by molar-refractivity contribution is 7.16. The number of nitrogens with one attached hydrogen (secondary N) is 2. The number of pyridine rings is 1. The number of carbonyl (C=O) groups is 1. The molecule has 0 aliphatic heterocycles. The van der Waals surface area contributed by atoms with Crippen molar-refractivity contribution in [1.82, 2.24) is 24.9 Å². The summed E-state index contributed by atoms with van der Waals surface area (Å²) in [5, 5.41) is 3.60. The van der Waals surface area contributed by atoms with Gasteiger partial charge >= 0.3 is 0 Å². The maximum atomic E-state index is 13.6. The van der Waals surface area contributed by atoms with E-state index in [-0.39, 0.29) is 5.91 Å². The molecule has 0 aliphatic carbocycles. The van der Waals surface area contributed by atoms with Gasteiger partial charge in [0, 0.05) is 5.39 Å². The molecule has 3 aromatic carbocycles. The van der Waals surface area contributed by atoms with Crippen molar-refractivity contribution in [2.75, 3.05) is 5.32 Å². The molecule has 0 radical (unpaired) electrons. The molecule has 0 spiro atoms. The highest BCUT2D eigenvalue weighted by Gasteiger charge is 2.18. The largest absolute Gasteiger partial charge is 0.443 e. The molecule has 9 heteroatoms. The number of nitrogens with zero attached hydrogens (tertiary/aromatic N) is 4. The molecule has 0 saturated carbocycles. The zero-order valence-corrected chi connectivity index (χ0v) is 19.4. The van der Waals surface area contributed by atoms with E-state index in [0.29, 0.717) is 34.0 Å². The molecule has 0 aliphatic rings. The van der Waals surface area contributed by atoms with E-state index in [2.05, 4.69) is 43.5 Å². The van der Waals surface area contributed by atoms with Gasteiger partial charge in [-0.25, -0.2) is 19.9 Å². The fraction of sp³-hybridized carbons (Fsp3) is 0. The molecule has 0 atom stereocenters. The average Bonchev–Trinajstić information content (AvgIpc) is 3.67. The van der Waals surface area contributed by atoms with Gasteiger partial charge in [0.25, 0.3) is 5.91 Å². The summed E-state index contributed by atoms with van der Waals surface area (Å²) >= 11 is 1.60. The van der Waals surface area contributed by atoms with E-state index in [4.69, 9.17) is 9.40 Å². The molecule has 8 nitrogen and oxygen atoms in total. The standard InChI is InChI=1S/C27H16N6O2S/c34-25(33-27-31-20-3-1-2-4-21(20)32-27)18-13-23(26-28-9-10-35-26)30-19-7-5-15(11-17(18)19)16-6-8-24-22(12-16)29-14-36-24/h1-14H,(H2,31,32,33,34). The lowest BCUT2D eigenvalue weighted by molar-refractivity contribution is 0.102. The molecule has 0 unspecified atom stereocenters. The molecule has 0 fully saturated rings. The summed E-state index contributed by atoms with van der Waals surface area (Å²) in [6, 6.07) is 21.3. The monoisotopic (exact) mass is 488 g/mol. The first-order chi connectivity index (χ1) is 17.7. The third-order valence-electron chi connectivity index (χ3n) is 5.99. The number of benzene rings is 3. The smallest absolute Gasteiger partial charge is 0.258 e. The van der Waals surface area contributed by atoms with Crippen LogP contribution in [0.2, 0.25) is 0 Å². The Labute approximate surface area is 207 Å². The quantitative estimate of drug-likeness (QED) is 0.301. The zero-order valence-electron chi connectivity index (χ0n) is 18.6. The molecule has 0 bridgehead atoms. The Bertz CT molecular complexity index is 1870. The van der Waals surface area contributed by atoms with Crippen molar-refractivity contribution in [1.29, 1.82) is 0 Å². The number of hydrogen-bond donors (Lipinski definition) is 2. The minimum atomic E-state index is -0.318. The second kappa shape index (κ2) is 8.10. The topological polar surface area (TPSA) is 110 Å². The number of anilines is 1. The van der Waals surface area contributed by atoms with Crippen LogP contribution in [0.25, 0.3) is 54.9 Å². The van der Waals surface area contributed by atoms with E-state index in [1.165, 1.54) is 6.26 Å². The number of hydrogen-bond acceptors (Lipinski definition) is 7. The number of imidazole rings is 1. The van der Waals surface area contributed by atoms with Crippen LogP contribution < -0.4 is 5.32 Å². The molecule has 172 valence electrons. The average molecular weight is 489 g/mol. The summed E-state index contributed by atoms with van der Waals surface area (Å²) in [6.45, 7) is 0. The third kappa shape index (κ3) is 3.50. The zero-order chi connectivity index (χ0) is 24.1. The normalized spacial score (nSPS) is 11.4. The molecule has 4 aromatic heterocycles. The van der Waals surface area contributed by atoms with Gasteiger partial charge in [-0.05, 0) is 53.6 Å². The van der Waals surface area contributed by atoms with E-state index in [0.717, 1.165) is 32.4 Å². The predicted octanol–water partition coefficient (Wildman–Crippen LogP) is 6.30. The van der Waals surface area contributed by atoms with Gasteiger partial charge in [0.05, 0.1) is 44.0 Å². The summed E-state index contributed by atoms with van der Waals surface area (Å²) in [5.74, 6) is 0.392. The maximum absolute atomic E-state index is 13.6. The van der Waals surface area contributed by atoms with E-state index >= 15 is 0 Å². The number of H-pyrrole nitrogens is 1. The molecule has 36 heavy (non-hydrogen) atoms. The van der Waals surface area contributed by atoms with Crippen molar-refractivity contribution >= 4 is 55.3 Å². The lowest BCUT2D eigenvalue weighted by Gasteiger charge is -2.10. The van der Waals surface area contributed by atoms with Crippen LogP contribution >= 0.6 is 11.3 Å². The second-order valence-electron chi connectivity index (χ2n) is 8.22. The van der Waals surface area contributed by atoms with Crippen LogP contribution in [-0.4, -0.2) is 30.8 Å². The molecular formula is C27H16N6O2S. The van der Waals surface area contributed by atoms with Crippen LogP contribution in [0.1, 0.15) is 10.4 Å². The number of rotatable bonds is 4. The first kappa shape index (κ1) is 20.5. The molecule has 7 rings (SSSR count). The first-order valence-corrected chi connectivity index (χ1v) is 12.0. The molecule has 1 amide bonds. The Morgan fingerprint density at radius 1 is 0.889 bits per heavy atom. The summed E-state index contributed by atoms with van der Waals surface area (Å²) in [4.78, 5) is 34.5. The van der Waals surface area contributed by atoms with Crippen molar-refractivity contribution in [3.63, 3.8) is 0 Å². The number of aromatic nitrogens is 5. The van der Waals surface area contributed by atoms with E-state index in [9.17, 15) is 4.79 Å². The van der Waals surface area contributed by atoms with Gasteiger partial charge in [-0.2, -0.15) is 0 Å². The Morgan fingerprint density at radius 3 is 2.67 bits per heavy atom. The van der Waals surface area contributed by atoms with Crippen LogP contribution in [0.5, 0.6) is 0 Å². The van der Waals surface area contributed by atoms with Gasteiger partial charge in [-0.1, -0.05) is 24.3 Å². The van der Waals surface area contributed by atoms with Gasteiger partial charge in [-0.15, -0.1) is 11.3 Å². The minimum Gasteiger partial charge on any atom is -0.443 e. The SMILES string of the molecule is O=C(Nc1nc2ccccc2[nH]1)c1cc(-c2ncco2)nc2ccc(-c3ccc4scnc4c3)cc12. The minimum absolute atomic E-state index is 0.318. The fourth-order valence-electron chi connectivity index (χ4n) is 4.28. The van der Waals surface area contributed by atoms with E-state index in [1.54, 1.807) is 23.6 Å². The van der Waals surface area contributed by atoms with Crippen molar-refractivity contribution < 1.29 is 9.21 Å². The highest BCUT2D eigenvalue weighted by Crippen LogP contribution is 2.31. The van der Waals surface area contributed by atoms with Crippen LogP contribution in [0.3, 0.4) is 0 Å². The van der Waals surface area contributed by atoms with Crippen LogP contribution in [-0.2, 0) is 0 Å². The van der Waals surface area contributed by atoms with Gasteiger partial charge in [0.15, 0.2) is 0 Å². The van der Waals surface area contributed by atoms with Gasteiger partial charge in [-0.3, -0.25) is 10.1 Å². The number of para-hydroxylation sites is 2. The van der Waals surface area contributed by atoms with Crippen molar-refractivity contribution in [3.8, 4) is 22.7 Å². The summed E-state index contributed by atoms with van der Waals surface area (Å²) in [7, 11) is 0. The number of amides is 1. The first-order valence-electron chi connectivity index (χ1n) is 11.2. The summed E-state index contributed by atoms with van der Waals surface area (Å²) < 4.78 is 6.59. The molecule has 4 heterocycles. The van der Waals surface area contributed by atoms with Gasteiger partial charge in [0.1, 0.15) is 12.0 Å². The number of aromatic amines is 1. The molecule has 0 saturated heterocycles. The number of oxazole rings is 1. The molecule has 7 aromatic rings. The van der Waals surface area contributed by atoms with Crippen LogP contribution in [0.4, 0.5) is 5.95 Å². The molecule has 2 N–H and O–H groups in total. The summed E-state index contributed by atoms with van der Waals surface area (Å²) in [6.07, 6.45) is 3.03. The van der Waals surface area contributed by atoms with Crippen molar-refractivity contribution in [3.05, 3.63) is 90.3 Å². The third-order valence-corrected chi connectivity index (χ3v) is 6.80. The Kier molecular flexibility index (Phi) is 4.61. The highest BCUT2D eigenvalue weighted by atomic mass is 32.1. The van der Waals surface area contributed by atoms with Crippen molar-refractivity contribution in [2.45, 2.75) is 0 Å². The second-order valence-corrected chi connectivity index (χ2v) is 9.10. The Hall–Kier alpha value is -4.89. The summed E-state index contributed by atoms with van der Waals surface area (Å²) in [5.41, 5.74) is 7.92. The van der Waals surface area contributed by atoms with Crippen LogP contribution in [0.15, 0.2) is 89.1 Å².